The Morgan fingerprint density at radius 1 is 0.929 bits per heavy atom. The zero-order valence-corrected chi connectivity index (χ0v) is 11.4. The minimum Gasteiger partial charge on any atom is -0.550 e. The van der Waals surface area contributed by atoms with Gasteiger partial charge in [0.15, 0.2) is 0 Å². The molecule has 0 unspecified atom stereocenters. The Balaban J connectivity index is -0.0000000270. The minimum atomic E-state index is -1.08. The van der Waals surface area contributed by atoms with Crippen molar-refractivity contribution in [1.82, 2.24) is 0 Å². The third-order valence-corrected chi connectivity index (χ3v) is 0. The van der Waals surface area contributed by atoms with Crippen molar-refractivity contribution >= 4 is 17.9 Å². The number of hydrogen-bond acceptors (Lipinski definition) is 4. The molecule has 0 fully saturated rings. The Bertz CT molecular complexity index is 120. The van der Waals surface area contributed by atoms with Crippen molar-refractivity contribution in [2.45, 2.75) is 20.8 Å². The normalized spacial score (nSPS) is 5.36. The summed E-state index contributed by atoms with van der Waals surface area (Å²) in [5, 5.41) is 23.7. The fourth-order valence-electron chi connectivity index (χ4n) is 0. The molecule has 0 amide bonds. The number of rotatable bonds is 0. The minimum absolute atomic E-state index is 0. The van der Waals surface area contributed by atoms with Gasteiger partial charge < -0.3 is 20.1 Å². The average Bonchev–Trinajstić information content (AvgIpc) is 1.54. The maximum absolute atomic E-state index is 9.00. The summed E-state index contributed by atoms with van der Waals surface area (Å²) in [6, 6.07) is 0. The number of carbonyl (C=O) groups excluding carboxylic acids is 1. The summed E-state index contributed by atoms with van der Waals surface area (Å²) in [7, 11) is 0. The number of carbonyl (C=O) groups is 3. The summed E-state index contributed by atoms with van der Waals surface area (Å²) in [6.07, 6.45) is 0. The van der Waals surface area contributed by atoms with Crippen LogP contribution in [0.3, 0.4) is 0 Å². The molecular weight excluding hydrogens is 250 g/mol. The molecule has 0 aromatic heterocycles. The maximum atomic E-state index is 9.00. The van der Waals surface area contributed by atoms with E-state index < -0.39 is 17.9 Å². The van der Waals surface area contributed by atoms with Gasteiger partial charge in [-0.15, -0.1) is 0 Å². The Kier molecular flexibility index (Phi) is 48.1. The first kappa shape index (κ1) is 29.2. The molecular formula is C6H11CoNaO6. The van der Waals surface area contributed by atoms with Crippen molar-refractivity contribution in [2.75, 3.05) is 0 Å². The summed E-state index contributed by atoms with van der Waals surface area (Å²) in [4.78, 5) is 26.9. The van der Waals surface area contributed by atoms with Crippen LogP contribution in [0.1, 0.15) is 20.8 Å². The molecule has 0 aromatic rings. The van der Waals surface area contributed by atoms with Crippen molar-refractivity contribution in [2.24, 2.45) is 0 Å². The van der Waals surface area contributed by atoms with Crippen LogP contribution in [0.4, 0.5) is 0 Å². The van der Waals surface area contributed by atoms with Crippen molar-refractivity contribution in [1.29, 1.82) is 0 Å². The second-order valence-corrected chi connectivity index (χ2v) is 1.53. The van der Waals surface area contributed by atoms with Gasteiger partial charge in [-0.3, -0.25) is 9.59 Å². The van der Waals surface area contributed by atoms with Crippen molar-refractivity contribution < 1.29 is 76.0 Å². The van der Waals surface area contributed by atoms with Crippen molar-refractivity contribution in [3.05, 3.63) is 0 Å². The van der Waals surface area contributed by atoms with E-state index in [1.54, 1.807) is 0 Å². The first-order valence-corrected chi connectivity index (χ1v) is 2.76. The van der Waals surface area contributed by atoms with Gasteiger partial charge >= 0.3 is 29.6 Å². The molecule has 0 aliphatic heterocycles. The van der Waals surface area contributed by atoms with Gasteiger partial charge in [0.1, 0.15) is 0 Å². The zero-order chi connectivity index (χ0) is 10.7. The molecule has 0 aromatic carbocycles. The standard InChI is InChI=1S/3C2H4O2.Co.Na/c3*1-2(3)4;;/h3*1H3,(H,3,4);;/q;;;;+1/p-1. The third-order valence-electron chi connectivity index (χ3n) is 0. The summed E-state index contributed by atoms with van der Waals surface area (Å²) in [5.41, 5.74) is 0. The molecule has 0 rings (SSSR count). The van der Waals surface area contributed by atoms with Gasteiger partial charge in [-0.1, -0.05) is 0 Å². The van der Waals surface area contributed by atoms with E-state index in [1.807, 2.05) is 0 Å². The molecule has 2 N–H and O–H groups in total. The van der Waals surface area contributed by atoms with Crippen LogP contribution in [0.2, 0.25) is 0 Å². The van der Waals surface area contributed by atoms with Crippen LogP contribution in [0.5, 0.6) is 0 Å². The number of aliphatic carboxylic acids is 3. The molecule has 14 heavy (non-hydrogen) atoms. The molecule has 0 heterocycles. The summed E-state index contributed by atoms with van der Waals surface area (Å²) in [6.45, 7) is 3.14. The van der Waals surface area contributed by atoms with Gasteiger partial charge in [-0.2, -0.15) is 0 Å². The molecule has 6 nitrogen and oxygen atoms in total. The summed E-state index contributed by atoms with van der Waals surface area (Å²) >= 11 is 0. The van der Waals surface area contributed by atoms with E-state index in [4.69, 9.17) is 29.7 Å². The SMILES string of the molecule is CC(=O)O.CC(=O)O.CC(=O)[O-].[Co].[Na+]. The van der Waals surface area contributed by atoms with Crippen molar-refractivity contribution in [3.8, 4) is 0 Å². The Hall–Kier alpha value is -0.0835. The molecule has 0 saturated carbocycles. The summed E-state index contributed by atoms with van der Waals surface area (Å²) < 4.78 is 0. The molecule has 81 valence electrons. The van der Waals surface area contributed by atoms with Crippen molar-refractivity contribution in [3.63, 3.8) is 0 Å². The van der Waals surface area contributed by atoms with E-state index in [0.717, 1.165) is 20.8 Å². The van der Waals surface area contributed by atoms with Crippen LogP contribution in [0.15, 0.2) is 0 Å². The van der Waals surface area contributed by atoms with Gasteiger partial charge in [0.2, 0.25) is 0 Å². The van der Waals surface area contributed by atoms with Crippen LogP contribution in [0, 0.1) is 0 Å². The van der Waals surface area contributed by atoms with E-state index in [2.05, 4.69) is 0 Å². The molecule has 0 aliphatic rings. The molecule has 0 saturated heterocycles. The number of hydrogen-bond donors (Lipinski definition) is 2. The predicted octanol–water partition coefficient (Wildman–Crippen LogP) is -4.06. The van der Waals surface area contributed by atoms with Crippen LogP contribution in [-0.4, -0.2) is 28.1 Å². The molecule has 8 heteroatoms. The van der Waals surface area contributed by atoms with E-state index in [9.17, 15) is 0 Å². The molecule has 0 atom stereocenters. The predicted molar refractivity (Wildman–Crippen MR) is 37.3 cm³/mol. The Morgan fingerprint density at radius 2 is 0.929 bits per heavy atom. The fourth-order valence-corrected chi connectivity index (χ4v) is 0. The Labute approximate surface area is 114 Å². The van der Waals surface area contributed by atoms with Crippen LogP contribution in [-0.2, 0) is 31.2 Å². The van der Waals surface area contributed by atoms with E-state index in [0.29, 0.717) is 0 Å². The smallest absolute Gasteiger partial charge is 0.550 e. The van der Waals surface area contributed by atoms with Gasteiger partial charge in [0.05, 0.1) is 0 Å². The second-order valence-electron chi connectivity index (χ2n) is 1.53. The second kappa shape index (κ2) is 23.1. The maximum Gasteiger partial charge on any atom is 1.00 e. The fraction of sp³-hybridized carbons (Fsp3) is 0.500. The van der Waals surface area contributed by atoms with Crippen LogP contribution in [0.25, 0.3) is 0 Å². The summed E-state index contributed by atoms with van der Waals surface area (Å²) in [5.74, 6) is -2.75. The zero-order valence-electron chi connectivity index (χ0n) is 8.36. The van der Waals surface area contributed by atoms with E-state index in [1.165, 1.54) is 0 Å². The Morgan fingerprint density at radius 3 is 0.929 bits per heavy atom. The third kappa shape index (κ3) is 204000. The molecule has 1 radical (unpaired) electrons. The molecule has 0 aliphatic carbocycles. The topological polar surface area (TPSA) is 115 Å². The molecule has 0 spiro atoms. The van der Waals surface area contributed by atoms with Gasteiger partial charge in [0, 0.05) is 36.6 Å². The molecule has 0 bridgehead atoms. The van der Waals surface area contributed by atoms with Gasteiger partial charge in [0.25, 0.3) is 11.9 Å². The first-order valence-electron chi connectivity index (χ1n) is 2.76. The van der Waals surface area contributed by atoms with E-state index >= 15 is 0 Å². The first-order chi connectivity index (χ1) is 5.20. The number of carboxylic acid groups (broad SMARTS) is 3. The van der Waals surface area contributed by atoms with Crippen LogP contribution >= 0.6 is 0 Å². The largest absolute Gasteiger partial charge is 1.00 e. The van der Waals surface area contributed by atoms with E-state index in [-0.39, 0.29) is 46.3 Å². The quantitative estimate of drug-likeness (QED) is 0.429. The average molecular weight is 261 g/mol. The number of carboxylic acids is 3. The van der Waals surface area contributed by atoms with Crippen LogP contribution < -0.4 is 34.7 Å². The van der Waals surface area contributed by atoms with Gasteiger partial charge in [-0.05, 0) is 6.92 Å². The van der Waals surface area contributed by atoms with Gasteiger partial charge in [-0.25, -0.2) is 0 Å². The monoisotopic (exact) mass is 261 g/mol.